The lowest BCUT2D eigenvalue weighted by Crippen LogP contribution is -2.34. The van der Waals surface area contributed by atoms with E-state index in [0.717, 1.165) is 11.1 Å². The molecule has 5 heteroatoms. The SMILES string of the molecule is CCCN(Cc1cccc(C#CCCO)c1)CC(F)(F)F. The second-order valence-electron chi connectivity index (χ2n) is 4.80. The summed E-state index contributed by atoms with van der Waals surface area (Å²) < 4.78 is 37.6. The van der Waals surface area contributed by atoms with Gasteiger partial charge in [0.1, 0.15) is 0 Å². The number of alkyl halides is 3. The van der Waals surface area contributed by atoms with Crippen molar-refractivity contribution in [1.82, 2.24) is 4.90 Å². The van der Waals surface area contributed by atoms with Gasteiger partial charge < -0.3 is 5.11 Å². The minimum atomic E-state index is -4.19. The molecule has 21 heavy (non-hydrogen) atoms. The molecule has 116 valence electrons. The maximum absolute atomic E-state index is 12.5. The lowest BCUT2D eigenvalue weighted by Gasteiger charge is -2.23. The van der Waals surface area contributed by atoms with E-state index in [1.165, 1.54) is 4.90 Å². The Labute approximate surface area is 123 Å². The molecule has 1 aromatic carbocycles. The summed E-state index contributed by atoms with van der Waals surface area (Å²) >= 11 is 0. The predicted octanol–water partition coefficient (Wildman–Crippen LogP) is 3.19. The Hall–Kier alpha value is -1.51. The summed E-state index contributed by atoms with van der Waals surface area (Å²) in [4.78, 5) is 1.39. The average Bonchev–Trinajstić information content (AvgIpc) is 2.38. The van der Waals surface area contributed by atoms with Gasteiger partial charge in [-0.3, -0.25) is 4.90 Å². The fourth-order valence-electron chi connectivity index (χ4n) is 2.01. The van der Waals surface area contributed by atoms with Gasteiger partial charge in [0, 0.05) is 18.5 Å². The molecule has 2 nitrogen and oxygen atoms in total. The summed E-state index contributed by atoms with van der Waals surface area (Å²) in [5.74, 6) is 5.69. The van der Waals surface area contributed by atoms with Crippen molar-refractivity contribution in [3.05, 3.63) is 35.4 Å². The van der Waals surface area contributed by atoms with Crippen LogP contribution in [0.4, 0.5) is 13.2 Å². The summed E-state index contributed by atoms with van der Waals surface area (Å²) in [7, 11) is 0. The largest absolute Gasteiger partial charge is 0.401 e. The normalized spacial score (nSPS) is 11.3. The lowest BCUT2D eigenvalue weighted by molar-refractivity contribution is -0.147. The standard InChI is InChI=1S/C16H20F3NO/c1-2-9-20(13-16(17,18)19)12-15-8-5-7-14(11-15)6-3-4-10-21/h5,7-8,11,21H,2,4,9-10,12-13H2,1H3. The van der Waals surface area contributed by atoms with E-state index in [1.807, 2.05) is 13.0 Å². The molecular weight excluding hydrogens is 279 g/mol. The number of hydrogen-bond acceptors (Lipinski definition) is 2. The molecule has 0 spiro atoms. The molecule has 0 saturated carbocycles. The van der Waals surface area contributed by atoms with Crippen LogP contribution in [-0.2, 0) is 6.54 Å². The van der Waals surface area contributed by atoms with E-state index in [0.29, 0.717) is 19.4 Å². The van der Waals surface area contributed by atoms with Crippen molar-refractivity contribution in [2.75, 3.05) is 19.7 Å². The predicted molar refractivity (Wildman–Crippen MR) is 76.6 cm³/mol. The van der Waals surface area contributed by atoms with E-state index in [1.54, 1.807) is 18.2 Å². The molecule has 1 N–H and O–H groups in total. The maximum Gasteiger partial charge on any atom is 0.401 e. The molecule has 0 radical (unpaired) electrons. The number of rotatable bonds is 6. The second kappa shape index (κ2) is 8.71. The first-order valence-corrected chi connectivity index (χ1v) is 6.92. The van der Waals surface area contributed by atoms with E-state index in [4.69, 9.17) is 5.11 Å². The lowest BCUT2D eigenvalue weighted by atomic mass is 10.1. The van der Waals surface area contributed by atoms with Gasteiger partial charge in [0.25, 0.3) is 0 Å². The fraction of sp³-hybridized carbons (Fsp3) is 0.500. The van der Waals surface area contributed by atoms with Gasteiger partial charge >= 0.3 is 6.18 Å². The topological polar surface area (TPSA) is 23.5 Å². The van der Waals surface area contributed by atoms with Crippen LogP contribution in [0.2, 0.25) is 0 Å². The molecule has 0 unspecified atom stereocenters. The van der Waals surface area contributed by atoms with Gasteiger partial charge in [-0.25, -0.2) is 0 Å². The number of benzene rings is 1. The third-order valence-corrected chi connectivity index (χ3v) is 2.75. The minimum Gasteiger partial charge on any atom is -0.395 e. The summed E-state index contributed by atoms with van der Waals surface area (Å²) in [6.07, 6.45) is -3.12. The molecule has 0 atom stereocenters. The number of halogens is 3. The Morgan fingerprint density at radius 3 is 2.67 bits per heavy atom. The van der Waals surface area contributed by atoms with Crippen LogP contribution in [0.3, 0.4) is 0 Å². The molecule has 1 aromatic rings. The van der Waals surface area contributed by atoms with Crippen LogP contribution in [0.15, 0.2) is 24.3 Å². The van der Waals surface area contributed by atoms with Crippen molar-refractivity contribution in [3.63, 3.8) is 0 Å². The first kappa shape index (κ1) is 17.5. The van der Waals surface area contributed by atoms with Crippen LogP contribution in [-0.4, -0.2) is 35.9 Å². The molecule has 1 rings (SSSR count). The first-order chi connectivity index (χ1) is 9.94. The highest BCUT2D eigenvalue weighted by molar-refractivity contribution is 5.37. The van der Waals surface area contributed by atoms with Crippen LogP contribution >= 0.6 is 0 Å². The molecule has 0 saturated heterocycles. The van der Waals surface area contributed by atoms with Crippen molar-refractivity contribution < 1.29 is 18.3 Å². The van der Waals surface area contributed by atoms with Gasteiger partial charge in [-0.15, -0.1) is 0 Å². The van der Waals surface area contributed by atoms with E-state index in [-0.39, 0.29) is 13.2 Å². The number of hydrogen-bond donors (Lipinski definition) is 1. The summed E-state index contributed by atoms with van der Waals surface area (Å²) in [5.41, 5.74) is 1.56. The van der Waals surface area contributed by atoms with Crippen molar-refractivity contribution in [2.45, 2.75) is 32.5 Å². The molecule has 0 bridgehead atoms. The number of aliphatic hydroxyl groups is 1. The Balaban J connectivity index is 2.75. The van der Waals surface area contributed by atoms with Crippen molar-refractivity contribution in [3.8, 4) is 11.8 Å². The van der Waals surface area contributed by atoms with Crippen molar-refractivity contribution in [2.24, 2.45) is 0 Å². The zero-order valence-electron chi connectivity index (χ0n) is 12.1. The summed E-state index contributed by atoms with van der Waals surface area (Å²) in [6.45, 7) is 1.62. The minimum absolute atomic E-state index is 0.00253. The Morgan fingerprint density at radius 1 is 1.29 bits per heavy atom. The third-order valence-electron chi connectivity index (χ3n) is 2.75. The zero-order valence-corrected chi connectivity index (χ0v) is 12.1. The molecule has 0 aliphatic rings. The van der Waals surface area contributed by atoms with Crippen LogP contribution in [0.1, 0.15) is 30.9 Å². The van der Waals surface area contributed by atoms with E-state index in [9.17, 15) is 13.2 Å². The van der Waals surface area contributed by atoms with Gasteiger partial charge in [0.2, 0.25) is 0 Å². The van der Waals surface area contributed by atoms with Gasteiger partial charge in [-0.05, 0) is 30.7 Å². The first-order valence-electron chi connectivity index (χ1n) is 6.92. The highest BCUT2D eigenvalue weighted by Crippen LogP contribution is 2.18. The summed E-state index contributed by atoms with van der Waals surface area (Å²) in [5, 5.41) is 8.67. The number of nitrogens with zero attached hydrogens (tertiary/aromatic N) is 1. The Bertz CT molecular complexity index is 488. The second-order valence-corrected chi connectivity index (χ2v) is 4.80. The fourth-order valence-corrected chi connectivity index (χ4v) is 2.01. The molecular formula is C16H20F3NO. The molecule has 0 aliphatic heterocycles. The monoisotopic (exact) mass is 299 g/mol. The zero-order chi connectivity index (χ0) is 15.7. The van der Waals surface area contributed by atoms with Gasteiger partial charge in [-0.2, -0.15) is 13.2 Å². The van der Waals surface area contributed by atoms with Crippen LogP contribution < -0.4 is 0 Å². The van der Waals surface area contributed by atoms with Crippen LogP contribution in [0, 0.1) is 11.8 Å². The van der Waals surface area contributed by atoms with Crippen molar-refractivity contribution >= 4 is 0 Å². The maximum atomic E-state index is 12.5. The Kier molecular flexibility index (Phi) is 7.27. The van der Waals surface area contributed by atoms with E-state index < -0.39 is 12.7 Å². The molecule has 0 amide bonds. The van der Waals surface area contributed by atoms with Crippen molar-refractivity contribution in [1.29, 1.82) is 0 Å². The van der Waals surface area contributed by atoms with Gasteiger partial charge in [-0.1, -0.05) is 30.9 Å². The van der Waals surface area contributed by atoms with E-state index >= 15 is 0 Å². The highest BCUT2D eigenvalue weighted by atomic mass is 19.4. The highest BCUT2D eigenvalue weighted by Gasteiger charge is 2.30. The van der Waals surface area contributed by atoms with Gasteiger partial charge in [0.15, 0.2) is 0 Å². The molecule has 0 fully saturated rings. The third kappa shape index (κ3) is 7.74. The van der Waals surface area contributed by atoms with Crippen LogP contribution in [0.5, 0.6) is 0 Å². The van der Waals surface area contributed by atoms with E-state index in [2.05, 4.69) is 11.8 Å². The van der Waals surface area contributed by atoms with Crippen LogP contribution in [0.25, 0.3) is 0 Å². The van der Waals surface area contributed by atoms with Gasteiger partial charge in [0.05, 0.1) is 13.2 Å². The molecule has 0 aromatic heterocycles. The smallest absolute Gasteiger partial charge is 0.395 e. The average molecular weight is 299 g/mol. The quantitative estimate of drug-likeness (QED) is 0.816. The summed E-state index contributed by atoms with van der Waals surface area (Å²) in [6, 6.07) is 7.19. The molecule has 0 heterocycles. The Morgan fingerprint density at radius 2 is 2.05 bits per heavy atom. The number of aliphatic hydroxyl groups excluding tert-OH is 1. The molecule has 0 aliphatic carbocycles.